The molecule has 5 heteroatoms. The number of aromatic nitrogens is 4. The van der Waals surface area contributed by atoms with E-state index in [9.17, 15) is 0 Å². The van der Waals surface area contributed by atoms with Crippen LogP contribution < -0.4 is 5.73 Å². The molecule has 0 radical (unpaired) electrons. The van der Waals surface area contributed by atoms with Crippen LogP contribution in [0, 0.1) is 0 Å². The molecule has 17 heavy (non-hydrogen) atoms. The molecular weight excluding hydrogens is 214 g/mol. The lowest BCUT2D eigenvalue weighted by Crippen LogP contribution is -1.93. The van der Waals surface area contributed by atoms with Crippen LogP contribution in [-0.4, -0.2) is 19.8 Å². The Morgan fingerprint density at radius 2 is 2.00 bits per heavy atom. The van der Waals surface area contributed by atoms with Crippen LogP contribution in [0.25, 0.3) is 16.9 Å². The van der Waals surface area contributed by atoms with Crippen molar-refractivity contribution in [2.75, 3.05) is 5.73 Å². The summed E-state index contributed by atoms with van der Waals surface area (Å²) in [5.41, 5.74) is 9.37. The normalized spacial score (nSPS) is 11.1. The molecule has 1 aromatic carbocycles. The van der Waals surface area contributed by atoms with Gasteiger partial charge in [0.1, 0.15) is 5.69 Å². The molecule has 0 aliphatic carbocycles. The van der Waals surface area contributed by atoms with Crippen LogP contribution in [0.5, 0.6) is 0 Å². The van der Waals surface area contributed by atoms with E-state index in [1.165, 1.54) is 0 Å². The average molecular weight is 227 g/mol. The van der Waals surface area contributed by atoms with Gasteiger partial charge < -0.3 is 5.73 Å². The first-order valence-electron chi connectivity index (χ1n) is 5.58. The molecule has 0 saturated carbocycles. The second-order valence-electron chi connectivity index (χ2n) is 3.90. The van der Waals surface area contributed by atoms with E-state index >= 15 is 0 Å². The fourth-order valence-electron chi connectivity index (χ4n) is 1.95. The second-order valence-corrected chi connectivity index (χ2v) is 3.90. The Hall–Kier alpha value is -2.30. The average Bonchev–Trinajstić information content (AvgIpc) is 2.91. The smallest absolute Gasteiger partial charge is 0.201 e. The van der Waals surface area contributed by atoms with E-state index in [0.717, 1.165) is 23.5 Å². The molecule has 5 nitrogen and oxygen atoms in total. The third-order valence-electron chi connectivity index (χ3n) is 2.84. The molecule has 2 heterocycles. The van der Waals surface area contributed by atoms with Crippen LogP contribution in [0.2, 0.25) is 0 Å². The maximum atomic E-state index is 6.08. The van der Waals surface area contributed by atoms with E-state index < -0.39 is 0 Å². The molecule has 0 saturated heterocycles. The minimum absolute atomic E-state index is 0.642. The summed E-state index contributed by atoms with van der Waals surface area (Å²) >= 11 is 0. The Bertz CT molecular complexity index is 650. The number of H-pyrrole nitrogens is 1. The summed E-state index contributed by atoms with van der Waals surface area (Å²) in [6.45, 7) is 2.04. The van der Waals surface area contributed by atoms with Gasteiger partial charge in [0, 0.05) is 12.0 Å². The van der Waals surface area contributed by atoms with Gasteiger partial charge in [-0.25, -0.2) is 4.52 Å². The number of nitrogens with zero attached hydrogens (tertiary/aromatic N) is 3. The zero-order valence-corrected chi connectivity index (χ0v) is 9.51. The number of hydrogen-bond acceptors (Lipinski definition) is 3. The molecule has 3 N–H and O–H groups in total. The van der Waals surface area contributed by atoms with Gasteiger partial charge in [0.25, 0.3) is 0 Å². The Kier molecular flexibility index (Phi) is 2.11. The highest BCUT2D eigenvalue weighted by Crippen LogP contribution is 2.27. The number of aromatic amines is 1. The van der Waals surface area contributed by atoms with Gasteiger partial charge in [-0.1, -0.05) is 37.3 Å². The van der Waals surface area contributed by atoms with Crippen molar-refractivity contribution in [1.29, 1.82) is 0 Å². The van der Waals surface area contributed by atoms with Crippen LogP contribution in [0.1, 0.15) is 12.7 Å². The van der Waals surface area contributed by atoms with Crippen LogP contribution >= 0.6 is 0 Å². The minimum atomic E-state index is 0.642. The summed E-state index contributed by atoms with van der Waals surface area (Å²) in [7, 11) is 0. The molecule has 0 atom stereocenters. The van der Waals surface area contributed by atoms with Gasteiger partial charge in [-0.05, 0) is 0 Å². The van der Waals surface area contributed by atoms with E-state index in [1.807, 2.05) is 41.8 Å². The number of anilines is 1. The summed E-state index contributed by atoms with van der Waals surface area (Å²) in [6, 6.07) is 9.98. The number of hydrogen-bond donors (Lipinski definition) is 2. The lowest BCUT2D eigenvalue weighted by atomic mass is 10.1. The van der Waals surface area contributed by atoms with Gasteiger partial charge in [0.2, 0.25) is 5.65 Å². The van der Waals surface area contributed by atoms with Gasteiger partial charge in [0.15, 0.2) is 5.82 Å². The van der Waals surface area contributed by atoms with E-state index in [-0.39, 0.29) is 0 Å². The Morgan fingerprint density at radius 3 is 2.71 bits per heavy atom. The number of nitrogen functional groups attached to an aromatic ring is 1. The zero-order valence-electron chi connectivity index (χ0n) is 9.51. The first-order valence-corrected chi connectivity index (χ1v) is 5.58. The SMILES string of the molecule is CCc1nnc2c(N)c(-c3ccccc3)[nH]n12. The second kappa shape index (κ2) is 3.62. The van der Waals surface area contributed by atoms with Crippen LogP contribution in [0.3, 0.4) is 0 Å². The standard InChI is InChI=1S/C12H13N5/c1-2-9-14-15-12-10(13)11(16-17(9)12)8-6-4-3-5-7-8/h3-7,16H,2,13H2,1H3. The topological polar surface area (TPSA) is 72.0 Å². The fourth-order valence-corrected chi connectivity index (χ4v) is 1.95. The third kappa shape index (κ3) is 1.39. The van der Waals surface area contributed by atoms with Gasteiger partial charge in [-0.2, -0.15) is 0 Å². The van der Waals surface area contributed by atoms with Crippen molar-refractivity contribution in [3.05, 3.63) is 36.2 Å². The van der Waals surface area contributed by atoms with Crippen LogP contribution in [0.4, 0.5) is 5.69 Å². The number of nitrogens with two attached hydrogens (primary N) is 1. The monoisotopic (exact) mass is 227 g/mol. The first-order chi connectivity index (χ1) is 8.31. The highest BCUT2D eigenvalue weighted by Gasteiger charge is 2.14. The lowest BCUT2D eigenvalue weighted by molar-refractivity contribution is 0.837. The van der Waals surface area contributed by atoms with Crippen molar-refractivity contribution in [2.24, 2.45) is 0 Å². The summed E-state index contributed by atoms with van der Waals surface area (Å²) < 4.78 is 1.84. The van der Waals surface area contributed by atoms with Crippen LogP contribution in [0.15, 0.2) is 30.3 Å². The molecule has 0 bridgehead atoms. The predicted molar refractivity (Wildman–Crippen MR) is 66.6 cm³/mol. The quantitative estimate of drug-likeness (QED) is 0.702. The van der Waals surface area contributed by atoms with E-state index in [4.69, 9.17) is 5.73 Å². The van der Waals surface area contributed by atoms with E-state index in [1.54, 1.807) is 0 Å². The van der Waals surface area contributed by atoms with Gasteiger partial charge in [-0.15, -0.1) is 10.2 Å². The Labute approximate surface area is 98.3 Å². The molecule has 0 spiro atoms. The highest BCUT2D eigenvalue weighted by atomic mass is 15.4. The zero-order chi connectivity index (χ0) is 11.8. The molecule has 0 unspecified atom stereocenters. The van der Waals surface area contributed by atoms with Crippen molar-refractivity contribution in [3.63, 3.8) is 0 Å². The van der Waals surface area contributed by atoms with Gasteiger partial charge in [-0.3, -0.25) is 5.10 Å². The molecule has 0 fully saturated rings. The number of aryl methyl sites for hydroxylation is 1. The number of benzene rings is 1. The van der Waals surface area contributed by atoms with Crippen molar-refractivity contribution in [3.8, 4) is 11.3 Å². The number of rotatable bonds is 2. The van der Waals surface area contributed by atoms with Gasteiger partial charge in [0.05, 0.1) is 5.69 Å². The van der Waals surface area contributed by atoms with E-state index in [2.05, 4.69) is 15.3 Å². The molecule has 3 aromatic rings. The molecule has 2 aromatic heterocycles. The summed E-state index contributed by atoms with van der Waals surface area (Å²) in [5, 5.41) is 11.4. The van der Waals surface area contributed by atoms with Crippen molar-refractivity contribution >= 4 is 11.3 Å². The summed E-state index contributed by atoms with van der Waals surface area (Å²) in [5.74, 6) is 0.883. The van der Waals surface area contributed by atoms with Crippen molar-refractivity contribution < 1.29 is 0 Å². The van der Waals surface area contributed by atoms with Crippen molar-refractivity contribution in [1.82, 2.24) is 19.8 Å². The molecule has 0 aliphatic rings. The van der Waals surface area contributed by atoms with Crippen molar-refractivity contribution in [2.45, 2.75) is 13.3 Å². The fraction of sp³-hybridized carbons (Fsp3) is 0.167. The maximum Gasteiger partial charge on any atom is 0.201 e. The molecular formula is C12H13N5. The molecule has 86 valence electrons. The predicted octanol–water partition coefficient (Wildman–Crippen LogP) is 1.87. The molecule has 0 aliphatic heterocycles. The lowest BCUT2D eigenvalue weighted by Gasteiger charge is -1.98. The molecule has 0 amide bonds. The summed E-state index contributed by atoms with van der Waals surface area (Å²) in [6.07, 6.45) is 0.815. The first kappa shape index (κ1) is 9.89. The van der Waals surface area contributed by atoms with E-state index in [0.29, 0.717) is 11.3 Å². The third-order valence-corrected chi connectivity index (χ3v) is 2.84. The van der Waals surface area contributed by atoms with Gasteiger partial charge >= 0.3 is 0 Å². The number of fused-ring (bicyclic) bond motifs is 1. The number of nitrogens with one attached hydrogen (secondary N) is 1. The Morgan fingerprint density at radius 1 is 1.24 bits per heavy atom. The van der Waals surface area contributed by atoms with Crippen LogP contribution in [-0.2, 0) is 6.42 Å². The molecule has 3 rings (SSSR count). The highest BCUT2D eigenvalue weighted by molar-refractivity contribution is 5.82. The Balaban J connectivity index is 2.25. The largest absolute Gasteiger partial charge is 0.394 e. The minimum Gasteiger partial charge on any atom is -0.394 e. The summed E-state index contributed by atoms with van der Waals surface area (Å²) in [4.78, 5) is 0. The maximum absolute atomic E-state index is 6.08.